The fourth-order valence-electron chi connectivity index (χ4n) is 2.73. The maximum absolute atomic E-state index is 5.96. The number of para-hydroxylation sites is 1. The van der Waals surface area contributed by atoms with Gasteiger partial charge in [-0.25, -0.2) is 0 Å². The molecule has 4 heteroatoms. The van der Waals surface area contributed by atoms with Gasteiger partial charge in [0.1, 0.15) is 11.9 Å². The van der Waals surface area contributed by atoms with Crippen LogP contribution in [-0.2, 0) is 11.2 Å². The van der Waals surface area contributed by atoms with Gasteiger partial charge in [0.25, 0.3) is 0 Å². The van der Waals surface area contributed by atoms with Crippen LogP contribution in [0.1, 0.15) is 5.56 Å². The van der Waals surface area contributed by atoms with Crippen LogP contribution in [0, 0.1) is 0 Å². The van der Waals surface area contributed by atoms with Crippen LogP contribution in [0.15, 0.2) is 24.3 Å². The molecule has 1 fully saturated rings. The average molecular weight is 248 g/mol. The molecule has 1 aromatic carbocycles. The smallest absolute Gasteiger partial charge is 0.123 e. The Hall–Kier alpha value is -1.10. The molecule has 1 saturated heterocycles. The summed E-state index contributed by atoms with van der Waals surface area (Å²) in [6, 6.07) is 8.30. The summed E-state index contributed by atoms with van der Waals surface area (Å²) in [4.78, 5) is 2.40. The molecule has 0 spiro atoms. The van der Waals surface area contributed by atoms with Gasteiger partial charge in [-0.1, -0.05) is 18.2 Å². The SMILES string of the molecule is NCC1CN(CC2Cc3ccccc3O2)CCO1. The number of rotatable bonds is 3. The van der Waals surface area contributed by atoms with E-state index in [2.05, 4.69) is 23.1 Å². The van der Waals surface area contributed by atoms with Crippen molar-refractivity contribution in [2.45, 2.75) is 18.6 Å². The lowest BCUT2D eigenvalue weighted by Gasteiger charge is -2.33. The van der Waals surface area contributed by atoms with E-state index in [9.17, 15) is 0 Å². The van der Waals surface area contributed by atoms with Crippen LogP contribution >= 0.6 is 0 Å². The largest absolute Gasteiger partial charge is 0.488 e. The molecular formula is C14H20N2O2. The Bertz CT molecular complexity index is 386. The van der Waals surface area contributed by atoms with Crippen LogP contribution in [0.25, 0.3) is 0 Å². The van der Waals surface area contributed by atoms with Gasteiger partial charge in [-0.05, 0) is 11.6 Å². The lowest BCUT2D eigenvalue weighted by Crippen LogP contribution is -2.48. The zero-order chi connectivity index (χ0) is 12.4. The van der Waals surface area contributed by atoms with Crippen molar-refractivity contribution in [2.75, 3.05) is 32.8 Å². The second kappa shape index (κ2) is 5.26. The quantitative estimate of drug-likeness (QED) is 0.853. The fraction of sp³-hybridized carbons (Fsp3) is 0.571. The Balaban J connectivity index is 1.56. The molecule has 98 valence electrons. The van der Waals surface area contributed by atoms with Crippen LogP contribution in [0.2, 0.25) is 0 Å². The zero-order valence-corrected chi connectivity index (χ0v) is 10.5. The van der Waals surface area contributed by atoms with Crippen molar-refractivity contribution in [2.24, 2.45) is 5.73 Å². The Morgan fingerprint density at radius 1 is 1.28 bits per heavy atom. The van der Waals surface area contributed by atoms with Gasteiger partial charge in [0.15, 0.2) is 0 Å². The van der Waals surface area contributed by atoms with Gasteiger partial charge < -0.3 is 15.2 Å². The van der Waals surface area contributed by atoms with Crippen LogP contribution in [0.5, 0.6) is 5.75 Å². The Kier molecular flexibility index (Phi) is 3.50. The summed E-state index contributed by atoms with van der Waals surface area (Å²) < 4.78 is 11.5. The number of ether oxygens (including phenoxy) is 2. The molecule has 1 aromatic rings. The van der Waals surface area contributed by atoms with Crippen molar-refractivity contribution in [1.29, 1.82) is 0 Å². The molecule has 2 heterocycles. The maximum Gasteiger partial charge on any atom is 0.123 e. The van der Waals surface area contributed by atoms with E-state index in [4.69, 9.17) is 15.2 Å². The van der Waals surface area contributed by atoms with E-state index in [1.807, 2.05) is 6.07 Å². The molecular weight excluding hydrogens is 228 g/mol. The minimum atomic E-state index is 0.183. The van der Waals surface area contributed by atoms with Gasteiger partial charge >= 0.3 is 0 Å². The molecule has 0 aliphatic carbocycles. The van der Waals surface area contributed by atoms with Gasteiger partial charge in [-0.3, -0.25) is 4.90 Å². The molecule has 4 nitrogen and oxygen atoms in total. The first-order valence-electron chi connectivity index (χ1n) is 6.64. The summed E-state index contributed by atoms with van der Waals surface area (Å²) in [5, 5.41) is 0. The van der Waals surface area contributed by atoms with Crippen LogP contribution in [0.4, 0.5) is 0 Å². The van der Waals surface area contributed by atoms with Crippen molar-refractivity contribution in [3.05, 3.63) is 29.8 Å². The second-order valence-corrected chi connectivity index (χ2v) is 5.04. The summed E-state index contributed by atoms with van der Waals surface area (Å²) in [5.41, 5.74) is 6.98. The molecule has 3 rings (SSSR count). The summed E-state index contributed by atoms with van der Waals surface area (Å²) >= 11 is 0. The van der Waals surface area contributed by atoms with E-state index in [-0.39, 0.29) is 12.2 Å². The normalized spacial score (nSPS) is 27.8. The molecule has 2 aliphatic heterocycles. The van der Waals surface area contributed by atoms with Crippen molar-refractivity contribution in [3.63, 3.8) is 0 Å². The first-order valence-corrected chi connectivity index (χ1v) is 6.64. The maximum atomic E-state index is 5.96. The number of hydrogen-bond acceptors (Lipinski definition) is 4. The predicted octanol–water partition coefficient (Wildman–Crippen LogP) is 0.650. The van der Waals surface area contributed by atoms with E-state index in [1.165, 1.54) is 5.56 Å². The van der Waals surface area contributed by atoms with E-state index in [0.29, 0.717) is 6.54 Å². The number of fused-ring (bicyclic) bond motifs is 1. The highest BCUT2D eigenvalue weighted by atomic mass is 16.5. The average Bonchev–Trinajstić information content (AvgIpc) is 2.81. The monoisotopic (exact) mass is 248 g/mol. The van der Waals surface area contributed by atoms with E-state index >= 15 is 0 Å². The number of nitrogens with zero attached hydrogens (tertiary/aromatic N) is 1. The minimum Gasteiger partial charge on any atom is -0.488 e. The topological polar surface area (TPSA) is 47.7 Å². The van der Waals surface area contributed by atoms with Gasteiger partial charge in [0.2, 0.25) is 0 Å². The van der Waals surface area contributed by atoms with Crippen molar-refractivity contribution < 1.29 is 9.47 Å². The highest BCUT2D eigenvalue weighted by Gasteiger charge is 2.27. The molecule has 2 N–H and O–H groups in total. The first kappa shape index (κ1) is 12.0. The third-order valence-corrected chi connectivity index (χ3v) is 3.66. The third kappa shape index (κ3) is 2.51. The zero-order valence-electron chi connectivity index (χ0n) is 10.5. The summed E-state index contributed by atoms with van der Waals surface area (Å²) in [7, 11) is 0. The molecule has 0 aromatic heterocycles. The lowest BCUT2D eigenvalue weighted by atomic mass is 10.1. The highest BCUT2D eigenvalue weighted by molar-refractivity contribution is 5.37. The lowest BCUT2D eigenvalue weighted by molar-refractivity contribution is -0.0319. The van der Waals surface area contributed by atoms with E-state index in [0.717, 1.165) is 38.4 Å². The number of nitrogens with two attached hydrogens (primary N) is 1. The van der Waals surface area contributed by atoms with Crippen LogP contribution < -0.4 is 10.5 Å². The standard InChI is InChI=1S/C14H20N2O2/c15-8-13-10-16(5-6-17-13)9-12-7-11-3-1-2-4-14(11)18-12/h1-4,12-13H,5-10,15H2. The summed E-state index contributed by atoms with van der Waals surface area (Å²) in [6.45, 7) is 4.25. The summed E-state index contributed by atoms with van der Waals surface area (Å²) in [6.07, 6.45) is 1.47. The van der Waals surface area contributed by atoms with Crippen molar-refractivity contribution in [3.8, 4) is 5.75 Å². The van der Waals surface area contributed by atoms with Crippen LogP contribution in [-0.4, -0.2) is 49.9 Å². The van der Waals surface area contributed by atoms with Crippen LogP contribution in [0.3, 0.4) is 0 Å². The van der Waals surface area contributed by atoms with Crippen molar-refractivity contribution >= 4 is 0 Å². The Morgan fingerprint density at radius 3 is 3.00 bits per heavy atom. The van der Waals surface area contributed by atoms with Gasteiger partial charge in [-0.15, -0.1) is 0 Å². The summed E-state index contributed by atoms with van der Waals surface area (Å²) in [5.74, 6) is 1.05. The van der Waals surface area contributed by atoms with E-state index < -0.39 is 0 Å². The second-order valence-electron chi connectivity index (χ2n) is 5.04. The fourth-order valence-corrected chi connectivity index (χ4v) is 2.73. The third-order valence-electron chi connectivity index (χ3n) is 3.66. The first-order chi connectivity index (χ1) is 8.85. The number of benzene rings is 1. The van der Waals surface area contributed by atoms with Crippen molar-refractivity contribution in [1.82, 2.24) is 4.90 Å². The minimum absolute atomic E-state index is 0.183. The Labute approximate surface area is 108 Å². The molecule has 2 aliphatic rings. The van der Waals surface area contributed by atoms with Gasteiger partial charge in [-0.2, -0.15) is 0 Å². The molecule has 0 bridgehead atoms. The molecule has 2 atom stereocenters. The molecule has 2 unspecified atom stereocenters. The number of hydrogen-bond donors (Lipinski definition) is 1. The molecule has 0 amide bonds. The molecule has 0 saturated carbocycles. The highest BCUT2D eigenvalue weighted by Crippen LogP contribution is 2.28. The molecule has 0 radical (unpaired) electrons. The van der Waals surface area contributed by atoms with E-state index in [1.54, 1.807) is 0 Å². The predicted molar refractivity (Wildman–Crippen MR) is 69.8 cm³/mol. The van der Waals surface area contributed by atoms with Gasteiger partial charge in [0, 0.05) is 32.6 Å². The Morgan fingerprint density at radius 2 is 2.17 bits per heavy atom. The molecule has 18 heavy (non-hydrogen) atoms. The number of morpholine rings is 1. The van der Waals surface area contributed by atoms with Gasteiger partial charge in [0.05, 0.1) is 12.7 Å².